The molecule has 0 aromatic heterocycles. The van der Waals surface area contributed by atoms with Crippen LogP contribution in [-0.2, 0) is 11.8 Å². The number of rotatable bonds is 5. The van der Waals surface area contributed by atoms with Crippen molar-refractivity contribution in [3.8, 4) is 11.1 Å². The van der Waals surface area contributed by atoms with Gasteiger partial charge in [0.15, 0.2) is 0 Å². The molecule has 4 aromatic rings. The Morgan fingerprint density at radius 3 is 1.94 bits per heavy atom. The van der Waals surface area contributed by atoms with Crippen LogP contribution in [0.15, 0.2) is 109 Å². The summed E-state index contributed by atoms with van der Waals surface area (Å²) in [6, 6.07) is 38.1. The van der Waals surface area contributed by atoms with Crippen molar-refractivity contribution < 1.29 is 0 Å². The molecular weight excluding hydrogens is 396 g/mol. The van der Waals surface area contributed by atoms with Crippen LogP contribution in [0.5, 0.6) is 0 Å². The minimum Gasteiger partial charge on any atom is -0.0727 e. The molecule has 4 aromatic carbocycles. The summed E-state index contributed by atoms with van der Waals surface area (Å²) in [6.45, 7) is 5.02. The summed E-state index contributed by atoms with van der Waals surface area (Å²) in [6.07, 6.45) is 7.07. The number of hydrogen-bond donors (Lipinski definition) is 0. The van der Waals surface area contributed by atoms with E-state index in [-0.39, 0.29) is 10.8 Å². The van der Waals surface area contributed by atoms with E-state index in [1.54, 1.807) is 0 Å². The van der Waals surface area contributed by atoms with Crippen molar-refractivity contribution in [3.63, 3.8) is 0 Å². The molecule has 162 valence electrons. The molecule has 1 atom stereocenters. The normalized spacial score (nSPS) is 18.7. The Bertz CT molecular complexity index is 1300. The lowest BCUT2D eigenvalue weighted by molar-refractivity contribution is 0.173. The molecule has 0 fully saturated rings. The lowest BCUT2D eigenvalue weighted by Crippen LogP contribution is -2.44. The lowest BCUT2D eigenvalue weighted by atomic mass is 9.54. The van der Waals surface area contributed by atoms with E-state index in [0.717, 1.165) is 12.8 Å². The maximum Gasteiger partial charge on any atom is 0.0204 e. The zero-order valence-electron chi connectivity index (χ0n) is 19.5. The van der Waals surface area contributed by atoms with Crippen LogP contribution in [-0.4, -0.2) is 0 Å². The SMILES string of the molecule is CC(C)(C1c2ccccc2-c2ccccc21)C1(CCc2ccccc2)C=Cc2ccccc21. The van der Waals surface area contributed by atoms with Crippen LogP contribution in [0, 0.1) is 5.41 Å². The number of benzene rings is 4. The van der Waals surface area contributed by atoms with Gasteiger partial charge in [0.1, 0.15) is 0 Å². The molecule has 1 unspecified atom stereocenters. The first-order valence-electron chi connectivity index (χ1n) is 12.1. The average molecular weight is 427 g/mol. The van der Waals surface area contributed by atoms with Gasteiger partial charge in [-0.3, -0.25) is 0 Å². The van der Waals surface area contributed by atoms with Gasteiger partial charge in [-0.2, -0.15) is 0 Å². The lowest BCUT2D eigenvalue weighted by Gasteiger charge is -2.49. The smallest absolute Gasteiger partial charge is 0.0204 e. The Labute approximate surface area is 197 Å². The van der Waals surface area contributed by atoms with Gasteiger partial charge >= 0.3 is 0 Å². The van der Waals surface area contributed by atoms with Gasteiger partial charge in [-0.15, -0.1) is 0 Å². The molecule has 0 heteroatoms. The Morgan fingerprint density at radius 1 is 0.667 bits per heavy atom. The second-order valence-electron chi connectivity index (χ2n) is 10.2. The number of aryl methyl sites for hydroxylation is 1. The molecule has 6 rings (SSSR count). The fourth-order valence-electron chi connectivity index (χ4n) is 6.65. The Morgan fingerprint density at radius 2 is 1.24 bits per heavy atom. The van der Waals surface area contributed by atoms with Gasteiger partial charge in [0.2, 0.25) is 0 Å². The highest BCUT2D eigenvalue weighted by Gasteiger charge is 2.53. The van der Waals surface area contributed by atoms with Crippen molar-refractivity contribution in [2.75, 3.05) is 0 Å². The molecule has 0 radical (unpaired) electrons. The largest absolute Gasteiger partial charge is 0.0727 e. The third kappa shape index (κ3) is 2.97. The van der Waals surface area contributed by atoms with Crippen LogP contribution in [0.1, 0.15) is 54.0 Å². The molecule has 33 heavy (non-hydrogen) atoms. The third-order valence-electron chi connectivity index (χ3n) is 8.34. The quantitative estimate of drug-likeness (QED) is 0.300. The Balaban J connectivity index is 1.53. The fourth-order valence-corrected chi connectivity index (χ4v) is 6.65. The fraction of sp³-hybridized carbons (Fsp3) is 0.212. The van der Waals surface area contributed by atoms with Crippen molar-refractivity contribution in [2.24, 2.45) is 5.41 Å². The van der Waals surface area contributed by atoms with E-state index in [1.165, 1.54) is 38.9 Å². The van der Waals surface area contributed by atoms with Crippen molar-refractivity contribution in [3.05, 3.63) is 137 Å². The molecule has 2 aliphatic rings. The molecule has 0 spiro atoms. The standard InChI is InChI=1S/C33H30/c1-32(2,31-28-17-9-7-15-26(28)27-16-8-10-18-29(27)31)33(22-20-24-12-4-3-5-13-24)23-21-25-14-6-11-19-30(25)33/h3-19,21,23,31H,20,22H2,1-2H3. The predicted molar refractivity (Wildman–Crippen MR) is 139 cm³/mol. The van der Waals surface area contributed by atoms with Crippen molar-refractivity contribution in [1.82, 2.24) is 0 Å². The molecule has 0 saturated carbocycles. The summed E-state index contributed by atoms with van der Waals surface area (Å²) in [5, 5.41) is 0. The maximum absolute atomic E-state index is 2.53. The van der Waals surface area contributed by atoms with E-state index < -0.39 is 0 Å². The first kappa shape index (κ1) is 20.2. The Hall–Kier alpha value is -3.38. The van der Waals surface area contributed by atoms with Crippen LogP contribution in [0.2, 0.25) is 0 Å². The molecule has 2 aliphatic carbocycles. The zero-order chi connectivity index (χ0) is 22.5. The van der Waals surface area contributed by atoms with E-state index in [0.29, 0.717) is 5.92 Å². The molecule has 0 nitrogen and oxygen atoms in total. The van der Waals surface area contributed by atoms with Crippen LogP contribution in [0.25, 0.3) is 17.2 Å². The van der Waals surface area contributed by atoms with Crippen LogP contribution in [0.3, 0.4) is 0 Å². The predicted octanol–water partition coefficient (Wildman–Crippen LogP) is 8.42. The highest BCUT2D eigenvalue weighted by molar-refractivity contribution is 5.80. The molecule has 0 aliphatic heterocycles. The van der Waals surface area contributed by atoms with E-state index in [9.17, 15) is 0 Å². The highest BCUT2D eigenvalue weighted by Crippen LogP contribution is 2.62. The van der Waals surface area contributed by atoms with Crippen LogP contribution >= 0.6 is 0 Å². The van der Waals surface area contributed by atoms with Gasteiger partial charge in [-0.05, 0) is 57.2 Å². The van der Waals surface area contributed by atoms with E-state index in [1.807, 2.05) is 0 Å². The summed E-state index contributed by atoms with van der Waals surface area (Å²) < 4.78 is 0. The van der Waals surface area contributed by atoms with E-state index >= 15 is 0 Å². The second-order valence-corrected chi connectivity index (χ2v) is 10.2. The van der Waals surface area contributed by atoms with Crippen molar-refractivity contribution in [2.45, 2.75) is 38.0 Å². The van der Waals surface area contributed by atoms with Crippen LogP contribution in [0.4, 0.5) is 0 Å². The summed E-state index contributed by atoms with van der Waals surface area (Å²) >= 11 is 0. The highest BCUT2D eigenvalue weighted by atomic mass is 14.6. The van der Waals surface area contributed by atoms with Gasteiger partial charge in [-0.25, -0.2) is 0 Å². The van der Waals surface area contributed by atoms with E-state index in [4.69, 9.17) is 0 Å². The number of allylic oxidation sites excluding steroid dienone is 1. The summed E-state index contributed by atoms with van der Waals surface area (Å²) in [5.74, 6) is 0.344. The molecule has 0 amide bonds. The summed E-state index contributed by atoms with van der Waals surface area (Å²) in [4.78, 5) is 0. The van der Waals surface area contributed by atoms with Crippen LogP contribution < -0.4 is 0 Å². The number of fused-ring (bicyclic) bond motifs is 4. The molecule has 0 saturated heterocycles. The molecule has 0 bridgehead atoms. The minimum atomic E-state index is -0.0470. The zero-order valence-corrected chi connectivity index (χ0v) is 19.5. The average Bonchev–Trinajstić information content (AvgIpc) is 3.41. The first-order chi connectivity index (χ1) is 16.1. The number of hydrogen-bond acceptors (Lipinski definition) is 0. The van der Waals surface area contributed by atoms with Gasteiger partial charge in [0, 0.05) is 11.3 Å². The monoisotopic (exact) mass is 426 g/mol. The van der Waals surface area contributed by atoms with Gasteiger partial charge in [0.25, 0.3) is 0 Å². The maximum atomic E-state index is 2.53. The van der Waals surface area contributed by atoms with Gasteiger partial charge < -0.3 is 0 Å². The summed E-state index contributed by atoms with van der Waals surface area (Å²) in [7, 11) is 0. The molecule has 0 N–H and O–H groups in total. The Kier molecular flexibility index (Phi) is 4.66. The van der Waals surface area contributed by atoms with Crippen molar-refractivity contribution >= 4 is 6.08 Å². The summed E-state index contributed by atoms with van der Waals surface area (Å²) in [5.41, 5.74) is 9.95. The first-order valence-corrected chi connectivity index (χ1v) is 12.1. The van der Waals surface area contributed by atoms with Crippen molar-refractivity contribution in [1.29, 1.82) is 0 Å². The topological polar surface area (TPSA) is 0 Å². The molecule has 0 heterocycles. The molecular formula is C33H30. The second kappa shape index (κ2) is 7.59. The van der Waals surface area contributed by atoms with Gasteiger partial charge in [0.05, 0.1) is 0 Å². The van der Waals surface area contributed by atoms with E-state index in [2.05, 4.69) is 129 Å². The van der Waals surface area contributed by atoms with Gasteiger partial charge in [-0.1, -0.05) is 129 Å². The minimum absolute atomic E-state index is 0.0202. The third-order valence-corrected chi connectivity index (χ3v) is 8.34.